The van der Waals surface area contributed by atoms with Crippen molar-refractivity contribution in [1.29, 1.82) is 0 Å². The molecule has 0 aromatic heterocycles. The smallest absolute Gasteiger partial charge is 0.133 e. The molecule has 2 nitrogen and oxygen atoms in total. The van der Waals surface area contributed by atoms with Crippen LogP contribution in [0, 0.1) is 17.5 Å². The first kappa shape index (κ1) is 16.0. The molecule has 1 atom stereocenters. The minimum absolute atomic E-state index is 0.181. The quantitative estimate of drug-likeness (QED) is 0.427. The van der Waals surface area contributed by atoms with Crippen LogP contribution < -0.4 is 11.3 Å². The Kier molecular flexibility index (Phi) is 6.87. The summed E-state index contributed by atoms with van der Waals surface area (Å²) in [5.74, 6) is 2.64. The summed E-state index contributed by atoms with van der Waals surface area (Å²) >= 11 is 0. The van der Waals surface area contributed by atoms with Gasteiger partial charge in [0.15, 0.2) is 0 Å². The molecule has 19 heavy (non-hydrogen) atoms. The lowest BCUT2D eigenvalue weighted by molar-refractivity contribution is 0.429. The summed E-state index contributed by atoms with van der Waals surface area (Å²) in [7, 11) is 0. The minimum atomic E-state index is -0.919. The number of nitrogens with two attached hydrogens (primary N) is 1. The molecule has 0 saturated heterocycles. The van der Waals surface area contributed by atoms with Gasteiger partial charge in [0.05, 0.1) is 6.04 Å². The average Bonchev–Trinajstić information content (AvgIpc) is 2.35. The summed E-state index contributed by atoms with van der Waals surface area (Å²) in [6.07, 6.45) is 5.74. The van der Waals surface area contributed by atoms with Gasteiger partial charge in [-0.2, -0.15) is 0 Å². The van der Waals surface area contributed by atoms with Crippen molar-refractivity contribution >= 4 is 0 Å². The van der Waals surface area contributed by atoms with E-state index in [-0.39, 0.29) is 5.56 Å². The zero-order valence-corrected chi connectivity index (χ0v) is 11.2. The van der Waals surface area contributed by atoms with Crippen molar-refractivity contribution in [1.82, 2.24) is 5.43 Å². The molecular weight excluding hydrogens is 253 g/mol. The lowest BCUT2D eigenvalue weighted by atomic mass is 9.99. The normalized spacial score (nSPS) is 12.7. The van der Waals surface area contributed by atoms with Gasteiger partial charge in [-0.05, 0) is 6.42 Å². The maximum atomic E-state index is 13.6. The SMILES string of the molecule is CCCCCCCC(NN)c1c(F)cc(F)cc1F. The molecule has 3 N–H and O–H groups in total. The fourth-order valence-corrected chi connectivity index (χ4v) is 2.15. The number of hydrogen-bond acceptors (Lipinski definition) is 2. The molecule has 1 aromatic carbocycles. The Labute approximate surface area is 112 Å². The summed E-state index contributed by atoms with van der Waals surface area (Å²) in [5, 5.41) is 0. The van der Waals surface area contributed by atoms with E-state index in [1.54, 1.807) is 0 Å². The third-order valence-electron chi connectivity index (χ3n) is 3.19. The van der Waals surface area contributed by atoms with E-state index in [0.29, 0.717) is 18.6 Å². The van der Waals surface area contributed by atoms with Crippen LogP contribution in [0.3, 0.4) is 0 Å². The van der Waals surface area contributed by atoms with Gasteiger partial charge in [0.2, 0.25) is 0 Å². The third-order valence-corrected chi connectivity index (χ3v) is 3.19. The number of halogens is 3. The van der Waals surface area contributed by atoms with Crippen LogP contribution in [0.4, 0.5) is 13.2 Å². The van der Waals surface area contributed by atoms with Crippen molar-refractivity contribution < 1.29 is 13.2 Å². The van der Waals surface area contributed by atoms with Gasteiger partial charge in [0.1, 0.15) is 17.5 Å². The van der Waals surface area contributed by atoms with Crippen LogP contribution in [0.1, 0.15) is 57.1 Å². The second kappa shape index (κ2) is 8.17. The second-order valence-corrected chi connectivity index (χ2v) is 4.71. The summed E-state index contributed by atoms with van der Waals surface area (Å²) in [6, 6.07) is 0.738. The van der Waals surface area contributed by atoms with Gasteiger partial charge in [0.25, 0.3) is 0 Å². The molecule has 1 unspecified atom stereocenters. The van der Waals surface area contributed by atoms with E-state index in [1.165, 1.54) is 0 Å². The van der Waals surface area contributed by atoms with Crippen molar-refractivity contribution in [3.05, 3.63) is 35.1 Å². The molecule has 0 aliphatic heterocycles. The van der Waals surface area contributed by atoms with Crippen LogP contribution in [0.5, 0.6) is 0 Å². The van der Waals surface area contributed by atoms with Crippen LogP contribution in [-0.4, -0.2) is 0 Å². The van der Waals surface area contributed by atoms with Crippen molar-refractivity contribution in [3.63, 3.8) is 0 Å². The summed E-state index contributed by atoms with van der Waals surface area (Å²) in [5.41, 5.74) is 2.23. The largest absolute Gasteiger partial charge is 0.271 e. The molecule has 0 radical (unpaired) electrons. The highest BCUT2D eigenvalue weighted by Gasteiger charge is 2.20. The van der Waals surface area contributed by atoms with E-state index in [4.69, 9.17) is 5.84 Å². The summed E-state index contributed by atoms with van der Waals surface area (Å²) in [4.78, 5) is 0. The molecule has 0 amide bonds. The molecule has 5 heteroatoms. The van der Waals surface area contributed by atoms with Gasteiger partial charge in [-0.25, -0.2) is 13.2 Å². The summed E-state index contributed by atoms with van der Waals surface area (Å²) < 4.78 is 40.0. The molecule has 1 rings (SSSR count). The van der Waals surface area contributed by atoms with Crippen LogP contribution >= 0.6 is 0 Å². The van der Waals surface area contributed by atoms with Gasteiger partial charge in [-0.1, -0.05) is 39.0 Å². The number of rotatable bonds is 8. The molecular formula is C14H21F3N2. The molecule has 0 bridgehead atoms. The Bertz CT molecular complexity index is 373. The molecule has 0 heterocycles. The molecule has 1 aromatic rings. The lowest BCUT2D eigenvalue weighted by Crippen LogP contribution is -2.29. The van der Waals surface area contributed by atoms with E-state index in [9.17, 15) is 13.2 Å². The predicted molar refractivity (Wildman–Crippen MR) is 69.8 cm³/mol. The maximum absolute atomic E-state index is 13.6. The first-order valence-corrected chi connectivity index (χ1v) is 6.70. The van der Waals surface area contributed by atoms with Crippen LogP contribution in [0.2, 0.25) is 0 Å². The van der Waals surface area contributed by atoms with Gasteiger partial charge in [-0.3, -0.25) is 11.3 Å². The number of hydrogen-bond donors (Lipinski definition) is 2. The maximum Gasteiger partial charge on any atom is 0.133 e. The van der Waals surface area contributed by atoms with Crippen LogP contribution in [-0.2, 0) is 0 Å². The van der Waals surface area contributed by atoms with Crippen molar-refractivity contribution in [2.45, 2.75) is 51.5 Å². The van der Waals surface area contributed by atoms with Gasteiger partial charge in [0, 0.05) is 17.7 Å². The highest BCUT2D eigenvalue weighted by Crippen LogP contribution is 2.25. The van der Waals surface area contributed by atoms with Crippen molar-refractivity contribution in [2.75, 3.05) is 0 Å². The Morgan fingerprint density at radius 2 is 1.63 bits per heavy atom. The first-order chi connectivity index (χ1) is 9.10. The van der Waals surface area contributed by atoms with Crippen molar-refractivity contribution in [3.8, 4) is 0 Å². The average molecular weight is 274 g/mol. The van der Waals surface area contributed by atoms with Crippen LogP contribution in [0.25, 0.3) is 0 Å². The third kappa shape index (κ3) is 4.84. The highest BCUT2D eigenvalue weighted by molar-refractivity contribution is 5.24. The van der Waals surface area contributed by atoms with E-state index in [1.807, 2.05) is 0 Å². The van der Waals surface area contributed by atoms with E-state index in [0.717, 1.165) is 32.1 Å². The Hall–Kier alpha value is -1.07. The Balaban J connectivity index is 2.64. The molecule has 0 aliphatic carbocycles. The molecule has 0 fully saturated rings. The number of unbranched alkanes of at least 4 members (excludes halogenated alkanes) is 4. The second-order valence-electron chi connectivity index (χ2n) is 4.71. The van der Waals surface area contributed by atoms with Gasteiger partial charge in [-0.15, -0.1) is 0 Å². The number of hydrazine groups is 1. The zero-order valence-electron chi connectivity index (χ0n) is 11.2. The highest BCUT2D eigenvalue weighted by atomic mass is 19.1. The fraction of sp³-hybridized carbons (Fsp3) is 0.571. The molecule has 0 spiro atoms. The Morgan fingerprint density at radius 3 is 2.16 bits per heavy atom. The van der Waals surface area contributed by atoms with Gasteiger partial charge >= 0.3 is 0 Å². The van der Waals surface area contributed by atoms with Gasteiger partial charge < -0.3 is 0 Å². The van der Waals surface area contributed by atoms with E-state index < -0.39 is 23.5 Å². The fourth-order valence-electron chi connectivity index (χ4n) is 2.15. The van der Waals surface area contributed by atoms with Crippen molar-refractivity contribution in [2.24, 2.45) is 5.84 Å². The Morgan fingerprint density at radius 1 is 1.05 bits per heavy atom. The molecule has 0 aliphatic rings. The summed E-state index contributed by atoms with van der Waals surface area (Å²) in [6.45, 7) is 2.12. The number of nitrogens with one attached hydrogen (secondary N) is 1. The van der Waals surface area contributed by atoms with E-state index >= 15 is 0 Å². The molecule has 0 saturated carbocycles. The monoisotopic (exact) mass is 274 g/mol. The molecule has 108 valence electrons. The minimum Gasteiger partial charge on any atom is -0.271 e. The van der Waals surface area contributed by atoms with E-state index in [2.05, 4.69) is 12.3 Å². The lowest BCUT2D eigenvalue weighted by Gasteiger charge is -2.17. The topological polar surface area (TPSA) is 38.0 Å². The predicted octanol–water partition coefficient (Wildman–Crippen LogP) is 3.97. The van der Waals surface area contributed by atoms with Crippen LogP contribution in [0.15, 0.2) is 12.1 Å². The zero-order chi connectivity index (χ0) is 14.3. The number of benzene rings is 1. The first-order valence-electron chi connectivity index (χ1n) is 6.70. The standard InChI is InChI=1S/C14H21F3N2/c1-2-3-4-5-6-7-13(19-18)14-11(16)8-10(15)9-12(14)17/h8-9,13,19H,2-7,18H2,1H3.